The summed E-state index contributed by atoms with van der Waals surface area (Å²) in [5.74, 6) is -0.207. The van der Waals surface area contributed by atoms with E-state index in [9.17, 15) is 9.59 Å². The second kappa shape index (κ2) is 8.29. The minimum absolute atomic E-state index is 0.0608. The molecule has 1 atom stereocenters. The number of rotatable bonds is 7. The van der Waals surface area contributed by atoms with Gasteiger partial charge in [0.05, 0.1) is 21.6 Å². The van der Waals surface area contributed by atoms with E-state index in [4.69, 9.17) is 11.6 Å². The summed E-state index contributed by atoms with van der Waals surface area (Å²) in [4.78, 5) is 28.8. The third kappa shape index (κ3) is 4.59. The van der Waals surface area contributed by atoms with E-state index >= 15 is 0 Å². The van der Waals surface area contributed by atoms with Gasteiger partial charge < -0.3 is 9.88 Å². The van der Waals surface area contributed by atoms with Gasteiger partial charge in [0.25, 0.3) is 0 Å². The lowest BCUT2D eigenvalue weighted by atomic mass is 10.1. The monoisotopic (exact) mass is 387 g/mol. The average Bonchev–Trinajstić information content (AvgIpc) is 3.31. The van der Waals surface area contributed by atoms with Gasteiger partial charge in [0.15, 0.2) is 5.78 Å². The zero-order chi connectivity index (χ0) is 18.5. The van der Waals surface area contributed by atoms with Crippen LogP contribution in [0.2, 0.25) is 4.34 Å². The molecule has 1 N–H and O–H groups in total. The van der Waals surface area contributed by atoms with Gasteiger partial charge in [-0.2, -0.15) is 0 Å². The molecule has 0 saturated carbocycles. The Hall–Kier alpha value is -2.44. The number of nitrogens with one attached hydrogen (secondary N) is 1. The van der Waals surface area contributed by atoms with Crippen LogP contribution < -0.4 is 5.32 Å². The van der Waals surface area contributed by atoms with Gasteiger partial charge in [-0.25, -0.2) is 4.98 Å². The van der Waals surface area contributed by atoms with Crippen LogP contribution >= 0.6 is 22.9 Å². The Balaban J connectivity index is 1.51. The third-order valence-electron chi connectivity index (χ3n) is 4.00. The van der Waals surface area contributed by atoms with E-state index < -0.39 is 0 Å². The lowest BCUT2D eigenvalue weighted by Crippen LogP contribution is -2.26. The highest BCUT2D eigenvalue weighted by Crippen LogP contribution is 2.23. The maximum absolute atomic E-state index is 12.1. The van der Waals surface area contributed by atoms with Gasteiger partial charge in [0, 0.05) is 30.9 Å². The highest BCUT2D eigenvalue weighted by atomic mass is 35.5. The van der Waals surface area contributed by atoms with Crippen LogP contribution in [0.15, 0.2) is 55.1 Å². The van der Waals surface area contributed by atoms with Crippen LogP contribution in [0.25, 0.3) is 5.69 Å². The zero-order valence-electron chi connectivity index (χ0n) is 14.2. The first-order valence-corrected chi connectivity index (χ1v) is 9.38. The molecule has 3 rings (SSSR count). The van der Waals surface area contributed by atoms with Crippen LogP contribution in [0, 0.1) is 0 Å². The molecule has 1 aromatic carbocycles. The van der Waals surface area contributed by atoms with Gasteiger partial charge in [-0.1, -0.05) is 23.7 Å². The zero-order valence-corrected chi connectivity index (χ0v) is 15.8. The first-order chi connectivity index (χ1) is 12.5. The molecule has 3 aromatic rings. The van der Waals surface area contributed by atoms with E-state index in [2.05, 4.69) is 10.3 Å². The van der Waals surface area contributed by atoms with E-state index in [0.29, 0.717) is 9.21 Å². The highest BCUT2D eigenvalue weighted by Gasteiger charge is 2.14. The van der Waals surface area contributed by atoms with Crippen LogP contribution in [0.3, 0.4) is 0 Å². The molecule has 26 heavy (non-hydrogen) atoms. The second-order valence-corrected chi connectivity index (χ2v) is 7.59. The summed E-state index contributed by atoms with van der Waals surface area (Å²) in [7, 11) is 0. The summed E-state index contributed by atoms with van der Waals surface area (Å²) in [6.45, 7) is 1.92. The molecule has 0 spiro atoms. The minimum atomic E-state index is -0.146. The van der Waals surface area contributed by atoms with Crippen molar-refractivity contribution in [2.45, 2.75) is 25.8 Å². The largest absolute Gasteiger partial charge is 0.350 e. The van der Waals surface area contributed by atoms with E-state index in [-0.39, 0.29) is 30.6 Å². The fourth-order valence-electron chi connectivity index (χ4n) is 2.56. The Morgan fingerprint density at radius 3 is 2.58 bits per heavy atom. The van der Waals surface area contributed by atoms with Crippen molar-refractivity contribution < 1.29 is 9.59 Å². The molecule has 0 bridgehead atoms. The van der Waals surface area contributed by atoms with Crippen molar-refractivity contribution in [3.05, 3.63) is 69.9 Å². The fourth-order valence-corrected chi connectivity index (χ4v) is 3.57. The van der Waals surface area contributed by atoms with Gasteiger partial charge in [-0.3, -0.25) is 9.59 Å². The van der Waals surface area contributed by atoms with Gasteiger partial charge in [0.1, 0.15) is 0 Å². The highest BCUT2D eigenvalue weighted by molar-refractivity contribution is 7.18. The predicted molar refractivity (Wildman–Crippen MR) is 103 cm³/mol. The topological polar surface area (TPSA) is 64.0 Å². The van der Waals surface area contributed by atoms with Crippen molar-refractivity contribution in [2.75, 3.05) is 0 Å². The molecule has 5 nitrogen and oxygen atoms in total. The summed E-state index contributed by atoms with van der Waals surface area (Å²) in [5, 5.41) is 2.93. The molecule has 1 amide bonds. The van der Waals surface area contributed by atoms with Crippen LogP contribution in [0.4, 0.5) is 0 Å². The van der Waals surface area contributed by atoms with Crippen LogP contribution in [-0.2, 0) is 4.79 Å². The average molecular weight is 388 g/mol. The Kier molecular flexibility index (Phi) is 5.85. The SMILES string of the molecule is CC(NC(=O)CCC(=O)c1ccc(Cl)s1)c1ccc(-n2ccnc2)cc1. The molecular weight excluding hydrogens is 370 g/mol. The maximum Gasteiger partial charge on any atom is 0.220 e. The van der Waals surface area contributed by atoms with Crippen molar-refractivity contribution in [2.24, 2.45) is 0 Å². The quantitative estimate of drug-likeness (QED) is 0.610. The molecule has 134 valence electrons. The first-order valence-electron chi connectivity index (χ1n) is 8.19. The van der Waals surface area contributed by atoms with Crippen LogP contribution in [0.1, 0.15) is 41.0 Å². The third-order valence-corrected chi connectivity index (χ3v) is 5.27. The number of amides is 1. The Morgan fingerprint density at radius 1 is 1.19 bits per heavy atom. The van der Waals surface area contributed by atoms with Gasteiger partial charge in [-0.05, 0) is 36.8 Å². The Morgan fingerprint density at radius 2 is 1.96 bits per heavy atom. The Labute approximate surface area is 160 Å². The molecule has 2 aromatic heterocycles. The summed E-state index contributed by atoms with van der Waals surface area (Å²) in [5.41, 5.74) is 2.00. The summed E-state index contributed by atoms with van der Waals surface area (Å²) < 4.78 is 2.49. The van der Waals surface area contributed by atoms with E-state index in [1.807, 2.05) is 42.0 Å². The number of aromatic nitrogens is 2. The Bertz CT molecular complexity index is 888. The number of benzene rings is 1. The van der Waals surface area contributed by atoms with E-state index in [1.54, 1.807) is 24.7 Å². The summed E-state index contributed by atoms with van der Waals surface area (Å²) in [6, 6.07) is 11.1. The van der Waals surface area contributed by atoms with E-state index in [0.717, 1.165) is 11.3 Å². The number of nitrogens with zero attached hydrogens (tertiary/aromatic N) is 2. The minimum Gasteiger partial charge on any atom is -0.350 e. The smallest absolute Gasteiger partial charge is 0.220 e. The number of thiophene rings is 1. The number of ketones is 1. The standard InChI is InChI=1S/C19H18ClN3O2S/c1-13(14-2-4-15(5-3-14)23-11-10-21-12-23)22-19(25)9-6-16(24)17-7-8-18(20)26-17/h2-5,7-8,10-13H,6,9H2,1H3,(H,22,25). The molecule has 2 heterocycles. The number of hydrogen-bond donors (Lipinski definition) is 1. The van der Waals surface area contributed by atoms with Crippen LogP contribution in [-0.4, -0.2) is 21.2 Å². The normalized spacial score (nSPS) is 11.9. The predicted octanol–water partition coefficient (Wildman–Crippen LogP) is 4.43. The van der Waals surface area contributed by atoms with Gasteiger partial charge in [0.2, 0.25) is 5.91 Å². The number of carbonyl (C=O) groups is 2. The molecule has 7 heteroatoms. The molecule has 0 aliphatic heterocycles. The maximum atomic E-state index is 12.1. The molecule has 0 saturated heterocycles. The molecule has 0 aliphatic carbocycles. The molecule has 1 unspecified atom stereocenters. The number of imidazole rings is 1. The van der Waals surface area contributed by atoms with Crippen molar-refractivity contribution in [1.82, 2.24) is 14.9 Å². The number of halogens is 1. The fraction of sp³-hybridized carbons (Fsp3) is 0.211. The number of carbonyl (C=O) groups excluding carboxylic acids is 2. The molecule has 0 aliphatic rings. The summed E-state index contributed by atoms with van der Waals surface area (Å²) in [6.07, 6.45) is 5.67. The molecular formula is C19H18ClN3O2S. The number of hydrogen-bond acceptors (Lipinski definition) is 4. The first kappa shape index (κ1) is 18.4. The van der Waals surface area contributed by atoms with Crippen molar-refractivity contribution in [1.29, 1.82) is 0 Å². The van der Waals surface area contributed by atoms with Crippen molar-refractivity contribution >= 4 is 34.6 Å². The second-order valence-electron chi connectivity index (χ2n) is 5.88. The lowest BCUT2D eigenvalue weighted by Gasteiger charge is -2.15. The van der Waals surface area contributed by atoms with Crippen molar-refractivity contribution in [3.63, 3.8) is 0 Å². The van der Waals surface area contributed by atoms with E-state index in [1.165, 1.54) is 11.3 Å². The van der Waals surface area contributed by atoms with Crippen molar-refractivity contribution in [3.8, 4) is 5.69 Å². The summed E-state index contributed by atoms with van der Waals surface area (Å²) >= 11 is 7.07. The van der Waals surface area contributed by atoms with Gasteiger partial charge in [-0.15, -0.1) is 11.3 Å². The lowest BCUT2D eigenvalue weighted by molar-refractivity contribution is -0.121. The molecule has 0 fully saturated rings. The number of Topliss-reactive ketones (excluding diaryl/α,β-unsaturated/α-hetero) is 1. The van der Waals surface area contributed by atoms with Crippen LogP contribution in [0.5, 0.6) is 0 Å². The molecule has 0 radical (unpaired) electrons. The van der Waals surface area contributed by atoms with Gasteiger partial charge >= 0.3 is 0 Å².